The Hall–Kier alpha value is -2.08. The van der Waals surface area contributed by atoms with Gasteiger partial charge in [0.15, 0.2) is 0 Å². The first-order valence-corrected chi connectivity index (χ1v) is 5.21. The van der Waals surface area contributed by atoms with Gasteiger partial charge in [-0.15, -0.1) is 0 Å². The van der Waals surface area contributed by atoms with Crippen LogP contribution in [0.1, 0.15) is 35.1 Å². The van der Waals surface area contributed by atoms with E-state index in [0.717, 1.165) is 5.82 Å². The number of H-pyrrole nitrogens is 1. The second kappa shape index (κ2) is 4.84. The van der Waals surface area contributed by atoms with E-state index in [1.807, 2.05) is 6.92 Å². The highest BCUT2D eigenvalue weighted by atomic mass is 16.4. The number of carbonyl (C=O) groups is 1. The molecule has 0 spiro atoms. The molecular formula is C11H13N3O3. The van der Waals surface area contributed by atoms with Crippen LogP contribution in [-0.4, -0.2) is 21.0 Å². The summed E-state index contributed by atoms with van der Waals surface area (Å²) in [4.78, 5) is 17.7. The Morgan fingerprint density at radius 1 is 1.65 bits per heavy atom. The lowest BCUT2D eigenvalue weighted by molar-refractivity contribution is 0.0660. The molecule has 1 atom stereocenters. The Labute approximate surface area is 97.7 Å². The molecule has 0 saturated heterocycles. The Morgan fingerprint density at radius 3 is 3.06 bits per heavy atom. The van der Waals surface area contributed by atoms with Gasteiger partial charge in [0.2, 0.25) is 5.76 Å². The molecule has 2 aromatic heterocycles. The summed E-state index contributed by atoms with van der Waals surface area (Å²) in [6.45, 7) is 2.41. The van der Waals surface area contributed by atoms with Crippen LogP contribution in [0.4, 0.5) is 0 Å². The number of aromatic carboxylic acids is 1. The maximum Gasteiger partial charge on any atom is 0.371 e. The van der Waals surface area contributed by atoms with Gasteiger partial charge in [0, 0.05) is 12.4 Å². The average molecular weight is 235 g/mol. The molecule has 17 heavy (non-hydrogen) atoms. The second-order valence-corrected chi connectivity index (χ2v) is 3.65. The molecule has 0 fully saturated rings. The molecule has 0 amide bonds. The molecule has 0 aliphatic carbocycles. The minimum Gasteiger partial charge on any atom is -0.475 e. The summed E-state index contributed by atoms with van der Waals surface area (Å²) in [5.74, 6) is 0.304. The fraction of sp³-hybridized carbons (Fsp3) is 0.273. The Balaban J connectivity index is 1.91. The van der Waals surface area contributed by atoms with E-state index in [9.17, 15) is 4.79 Å². The molecule has 0 aliphatic rings. The lowest BCUT2D eigenvalue weighted by atomic mass is 10.3. The van der Waals surface area contributed by atoms with Gasteiger partial charge in [-0.3, -0.25) is 0 Å². The van der Waals surface area contributed by atoms with Crippen LogP contribution in [0.3, 0.4) is 0 Å². The van der Waals surface area contributed by atoms with Crippen molar-refractivity contribution in [2.75, 3.05) is 0 Å². The van der Waals surface area contributed by atoms with Crippen LogP contribution in [0.15, 0.2) is 28.9 Å². The molecule has 2 heterocycles. The fourth-order valence-electron chi connectivity index (χ4n) is 1.45. The number of aromatic nitrogens is 2. The van der Waals surface area contributed by atoms with Crippen LogP contribution in [0.5, 0.6) is 0 Å². The minimum absolute atomic E-state index is 0.0448. The van der Waals surface area contributed by atoms with Gasteiger partial charge in [-0.05, 0) is 19.1 Å². The zero-order valence-electron chi connectivity index (χ0n) is 9.30. The summed E-state index contributed by atoms with van der Waals surface area (Å²) in [6, 6.07) is 3.13. The maximum absolute atomic E-state index is 10.6. The van der Waals surface area contributed by atoms with Crippen LogP contribution in [-0.2, 0) is 6.54 Å². The van der Waals surface area contributed by atoms with Crippen molar-refractivity contribution >= 4 is 5.97 Å². The zero-order valence-corrected chi connectivity index (χ0v) is 9.30. The first kappa shape index (κ1) is 11.4. The van der Waals surface area contributed by atoms with Crippen molar-refractivity contribution in [1.29, 1.82) is 0 Å². The van der Waals surface area contributed by atoms with Crippen LogP contribution in [0.25, 0.3) is 0 Å². The first-order valence-electron chi connectivity index (χ1n) is 5.21. The number of furan rings is 1. The number of nitrogens with one attached hydrogen (secondary N) is 2. The van der Waals surface area contributed by atoms with Gasteiger partial charge in [0.1, 0.15) is 11.6 Å². The topological polar surface area (TPSA) is 91.2 Å². The van der Waals surface area contributed by atoms with Gasteiger partial charge in [-0.25, -0.2) is 9.78 Å². The standard InChI is InChI=1S/C11H13N3O3/c1-7(10-12-4-5-13-10)14-6-8-2-3-9(17-8)11(15)16/h2-5,7,14H,6H2,1H3,(H,12,13)(H,15,16). The Morgan fingerprint density at radius 2 is 2.47 bits per heavy atom. The SMILES string of the molecule is CC(NCc1ccc(C(=O)O)o1)c1ncc[nH]1. The first-order chi connectivity index (χ1) is 8.16. The van der Waals surface area contributed by atoms with Crippen molar-refractivity contribution in [1.82, 2.24) is 15.3 Å². The van der Waals surface area contributed by atoms with Gasteiger partial charge < -0.3 is 19.8 Å². The summed E-state index contributed by atoms with van der Waals surface area (Å²) >= 11 is 0. The van der Waals surface area contributed by atoms with Crippen molar-refractivity contribution < 1.29 is 14.3 Å². The molecule has 0 bridgehead atoms. The number of imidazole rings is 1. The van der Waals surface area contributed by atoms with Crippen molar-refractivity contribution in [2.45, 2.75) is 19.5 Å². The summed E-state index contributed by atoms with van der Waals surface area (Å²) < 4.78 is 5.12. The molecule has 1 unspecified atom stereocenters. The lowest BCUT2D eigenvalue weighted by Gasteiger charge is -2.09. The predicted molar refractivity (Wildman–Crippen MR) is 59.5 cm³/mol. The number of hydrogen-bond acceptors (Lipinski definition) is 4. The van der Waals surface area contributed by atoms with E-state index in [2.05, 4.69) is 15.3 Å². The Bertz CT molecular complexity index is 490. The molecule has 6 nitrogen and oxygen atoms in total. The van der Waals surface area contributed by atoms with E-state index in [0.29, 0.717) is 12.3 Å². The number of aromatic amines is 1. The quantitative estimate of drug-likeness (QED) is 0.731. The molecule has 0 saturated carbocycles. The van der Waals surface area contributed by atoms with E-state index in [4.69, 9.17) is 9.52 Å². The molecule has 0 aliphatic heterocycles. The molecule has 6 heteroatoms. The van der Waals surface area contributed by atoms with Crippen LogP contribution in [0, 0.1) is 0 Å². The molecule has 3 N–H and O–H groups in total. The highest BCUT2D eigenvalue weighted by Crippen LogP contribution is 2.10. The van der Waals surface area contributed by atoms with Crippen LogP contribution >= 0.6 is 0 Å². The molecule has 0 radical (unpaired) electrons. The lowest BCUT2D eigenvalue weighted by Crippen LogP contribution is -2.18. The highest BCUT2D eigenvalue weighted by molar-refractivity contribution is 5.84. The molecular weight excluding hydrogens is 222 g/mol. The van der Waals surface area contributed by atoms with Crippen LogP contribution < -0.4 is 5.32 Å². The van der Waals surface area contributed by atoms with Gasteiger partial charge in [-0.2, -0.15) is 0 Å². The number of rotatable bonds is 5. The molecule has 2 rings (SSSR count). The maximum atomic E-state index is 10.6. The summed E-state index contributed by atoms with van der Waals surface area (Å²) in [7, 11) is 0. The van der Waals surface area contributed by atoms with Gasteiger partial charge in [0.25, 0.3) is 0 Å². The van der Waals surface area contributed by atoms with Gasteiger partial charge in [0.05, 0.1) is 12.6 Å². The summed E-state index contributed by atoms with van der Waals surface area (Å²) in [6.07, 6.45) is 3.44. The third-order valence-electron chi connectivity index (χ3n) is 2.38. The van der Waals surface area contributed by atoms with E-state index < -0.39 is 5.97 Å². The zero-order chi connectivity index (χ0) is 12.3. The van der Waals surface area contributed by atoms with E-state index in [1.54, 1.807) is 18.5 Å². The van der Waals surface area contributed by atoms with Crippen molar-refractivity contribution in [3.63, 3.8) is 0 Å². The van der Waals surface area contributed by atoms with Crippen molar-refractivity contribution in [3.8, 4) is 0 Å². The summed E-state index contributed by atoms with van der Waals surface area (Å²) in [5.41, 5.74) is 0. The smallest absolute Gasteiger partial charge is 0.371 e. The number of hydrogen-bond donors (Lipinski definition) is 3. The predicted octanol–water partition coefficient (Wildman–Crippen LogP) is 1.55. The normalized spacial score (nSPS) is 12.5. The average Bonchev–Trinajstić information content (AvgIpc) is 2.97. The van der Waals surface area contributed by atoms with Crippen LogP contribution in [0.2, 0.25) is 0 Å². The fourth-order valence-corrected chi connectivity index (χ4v) is 1.45. The van der Waals surface area contributed by atoms with E-state index in [1.165, 1.54) is 6.07 Å². The highest BCUT2D eigenvalue weighted by Gasteiger charge is 2.11. The van der Waals surface area contributed by atoms with E-state index >= 15 is 0 Å². The largest absolute Gasteiger partial charge is 0.475 e. The monoisotopic (exact) mass is 235 g/mol. The molecule has 2 aromatic rings. The number of nitrogens with zero attached hydrogens (tertiary/aromatic N) is 1. The number of carboxylic acid groups (broad SMARTS) is 1. The number of carboxylic acids is 1. The Kier molecular flexibility index (Phi) is 3.24. The van der Waals surface area contributed by atoms with Crippen molar-refractivity contribution in [2.24, 2.45) is 0 Å². The third kappa shape index (κ3) is 2.73. The minimum atomic E-state index is -1.06. The molecule has 0 aromatic carbocycles. The van der Waals surface area contributed by atoms with Gasteiger partial charge >= 0.3 is 5.97 Å². The van der Waals surface area contributed by atoms with Crippen molar-refractivity contribution in [3.05, 3.63) is 41.9 Å². The van der Waals surface area contributed by atoms with Gasteiger partial charge in [-0.1, -0.05) is 0 Å². The third-order valence-corrected chi connectivity index (χ3v) is 2.38. The molecule has 90 valence electrons. The van der Waals surface area contributed by atoms with E-state index in [-0.39, 0.29) is 11.8 Å². The second-order valence-electron chi connectivity index (χ2n) is 3.65. The summed E-state index contributed by atoms with van der Waals surface area (Å²) in [5, 5.41) is 11.9.